The summed E-state index contributed by atoms with van der Waals surface area (Å²) in [4.78, 5) is 7.79. The summed E-state index contributed by atoms with van der Waals surface area (Å²) in [6.07, 6.45) is 4.41. The molecule has 132 valence electrons. The lowest BCUT2D eigenvalue weighted by Gasteiger charge is -2.12. The first-order valence-electron chi connectivity index (χ1n) is 8.55. The topological polar surface area (TPSA) is 79.8 Å². The second kappa shape index (κ2) is 6.31. The molecule has 0 radical (unpaired) electrons. The van der Waals surface area contributed by atoms with Gasteiger partial charge < -0.3 is 14.9 Å². The number of para-hydroxylation sites is 1. The Balaban J connectivity index is 1.50. The second-order valence-corrected chi connectivity index (χ2v) is 8.93. The predicted octanol–water partition coefficient (Wildman–Crippen LogP) is 2.12. The zero-order chi connectivity index (χ0) is 17.4. The van der Waals surface area contributed by atoms with Gasteiger partial charge in [-0.3, -0.25) is 0 Å². The van der Waals surface area contributed by atoms with Crippen molar-refractivity contribution >= 4 is 20.7 Å². The number of fused-ring (bicyclic) bond motifs is 1. The van der Waals surface area contributed by atoms with E-state index < -0.39 is 9.84 Å². The molecule has 0 spiro atoms. The molecule has 0 amide bonds. The summed E-state index contributed by atoms with van der Waals surface area (Å²) in [5, 5.41) is 4.58. The number of sulfone groups is 1. The number of aromatic nitrogens is 3. The zero-order valence-electron chi connectivity index (χ0n) is 14.2. The molecule has 1 aliphatic heterocycles. The van der Waals surface area contributed by atoms with Crippen LogP contribution in [0.3, 0.4) is 0 Å². The summed E-state index contributed by atoms with van der Waals surface area (Å²) in [6, 6.07) is 8.34. The molecule has 3 heterocycles. The van der Waals surface area contributed by atoms with Gasteiger partial charge in [0.15, 0.2) is 9.84 Å². The quantitative estimate of drug-likeness (QED) is 0.732. The van der Waals surface area contributed by atoms with Gasteiger partial charge in [0.2, 0.25) is 0 Å². The number of hydrogen-bond donors (Lipinski definition) is 2. The van der Waals surface area contributed by atoms with Crippen molar-refractivity contribution in [2.75, 3.05) is 18.1 Å². The third-order valence-electron chi connectivity index (χ3n) is 4.95. The van der Waals surface area contributed by atoms with Gasteiger partial charge in [-0.1, -0.05) is 18.2 Å². The molecular formula is C18H22N4O2S. The van der Waals surface area contributed by atoms with Crippen molar-refractivity contribution in [1.82, 2.24) is 19.9 Å². The third-order valence-corrected chi connectivity index (χ3v) is 6.72. The fourth-order valence-corrected chi connectivity index (χ4v) is 5.30. The summed E-state index contributed by atoms with van der Waals surface area (Å²) >= 11 is 0. The number of H-pyrrole nitrogens is 1. The molecule has 1 atom stereocenters. The van der Waals surface area contributed by atoms with E-state index in [1.807, 2.05) is 24.7 Å². The Labute approximate surface area is 147 Å². The highest BCUT2D eigenvalue weighted by molar-refractivity contribution is 7.91. The van der Waals surface area contributed by atoms with Crippen molar-refractivity contribution in [2.45, 2.75) is 25.9 Å². The standard InChI is InChI=1S/C18H22N4O2S/c1-13-15-4-2-3-5-16(15)21-18(13)17-10-19-12-22(17)8-7-20-14-6-9-25(23,24)11-14/h2-5,10,12,14,20-21H,6-9,11H2,1H3/t14-/m1/s1. The Morgan fingerprint density at radius 3 is 2.96 bits per heavy atom. The van der Waals surface area contributed by atoms with E-state index in [2.05, 4.69) is 38.9 Å². The summed E-state index contributed by atoms with van der Waals surface area (Å²) < 4.78 is 25.2. The van der Waals surface area contributed by atoms with Gasteiger partial charge in [0.1, 0.15) is 0 Å². The Bertz CT molecular complexity index is 1000. The number of imidazole rings is 1. The van der Waals surface area contributed by atoms with Crippen molar-refractivity contribution in [3.8, 4) is 11.4 Å². The lowest BCUT2D eigenvalue weighted by molar-refractivity contribution is 0.521. The van der Waals surface area contributed by atoms with Crippen molar-refractivity contribution in [3.63, 3.8) is 0 Å². The summed E-state index contributed by atoms with van der Waals surface area (Å²) in [5.74, 6) is 0.556. The monoisotopic (exact) mass is 358 g/mol. The number of aryl methyl sites for hydroxylation is 1. The Kier molecular flexibility index (Phi) is 4.13. The van der Waals surface area contributed by atoms with Crippen LogP contribution in [0.4, 0.5) is 0 Å². The number of nitrogens with zero attached hydrogens (tertiary/aromatic N) is 2. The van der Waals surface area contributed by atoms with Crippen LogP contribution in [0.25, 0.3) is 22.3 Å². The molecule has 4 rings (SSSR count). The predicted molar refractivity (Wildman–Crippen MR) is 99.3 cm³/mol. The maximum Gasteiger partial charge on any atom is 0.151 e. The van der Waals surface area contributed by atoms with Crippen LogP contribution in [0.1, 0.15) is 12.0 Å². The fourth-order valence-electron chi connectivity index (χ4n) is 3.59. The normalized spacial score (nSPS) is 19.6. The minimum atomic E-state index is -2.84. The minimum absolute atomic E-state index is 0.0757. The van der Waals surface area contributed by atoms with Gasteiger partial charge in [0.05, 0.1) is 35.4 Å². The van der Waals surface area contributed by atoms with E-state index in [1.165, 1.54) is 10.9 Å². The van der Waals surface area contributed by atoms with Gasteiger partial charge in [0.25, 0.3) is 0 Å². The van der Waals surface area contributed by atoms with Crippen LogP contribution in [0.5, 0.6) is 0 Å². The molecule has 0 aliphatic carbocycles. The SMILES string of the molecule is Cc1c(-c2cncn2CCN[C@@H]2CCS(=O)(=O)C2)[nH]c2ccccc12. The van der Waals surface area contributed by atoms with Crippen LogP contribution < -0.4 is 5.32 Å². The maximum absolute atomic E-state index is 11.5. The first-order chi connectivity index (χ1) is 12.0. The molecule has 2 aromatic heterocycles. The summed E-state index contributed by atoms with van der Waals surface area (Å²) in [5.41, 5.74) is 4.47. The van der Waals surface area contributed by atoms with Gasteiger partial charge in [-0.05, 0) is 25.0 Å². The van der Waals surface area contributed by atoms with E-state index >= 15 is 0 Å². The van der Waals surface area contributed by atoms with E-state index in [-0.39, 0.29) is 11.8 Å². The smallest absolute Gasteiger partial charge is 0.151 e. The van der Waals surface area contributed by atoms with Crippen molar-refractivity contribution in [3.05, 3.63) is 42.4 Å². The lowest BCUT2D eigenvalue weighted by atomic mass is 10.1. The lowest BCUT2D eigenvalue weighted by Crippen LogP contribution is -2.32. The minimum Gasteiger partial charge on any atom is -0.353 e. The molecular weight excluding hydrogens is 336 g/mol. The van der Waals surface area contributed by atoms with E-state index in [0.717, 1.165) is 30.0 Å². The van der Waals surface area contributed by atoms with Gasteiger partial charge in [-0.2, -0.15) is 0 Å². The Hall–Kier alpha value is -2.12. The van der Waals surface area contributed by atoms with Crippen LogP contribution in [0, 0.1) is 6.92 Å². The second-order valence-electron chi connectivity index (χ2n) is 6.70. The molecule has 1 aliphatic rings. The largest absolute Gasteiger partial charge is 0.353 e. The first kappa shape index (κ1) is 16.4. The van der Waals surface area contributed by atoms with E-state index in [1.54, 1.807) is 0 Å². The molecule has 2 N–H and O–H groups in total. The van der Waals surface area contributed by atoms with E-state index in [0.29, 0.717) is 12.2 Å². The molecule has 3 aromatic rings. The van der Waals surface area contributed by atoms with E-state index in [4.69, 9.17) is 0 Å². The van der Waals surface area contributed by atoms with Gasteiger partial charge in [0, 0.05) is 30.0 Å². The zero-order valence-corrected chi connectivity index (χ0v) is 15.0. The third kappa shape index (κ3) is 3.21. The highest BCUT2D eigenvalue weighted by Gasteiger charge is 2.27. The maximum atomic E-state index is 11.5. The van der Waals surface area contributed by atoms with E-state index in [9.17, 15) is 8.42 Å². The Morgan fingerprint density at radius 2 is 2.20 bits per heavy atom. The molecule has 25 heavy (non-hydrogen) atoms. The molecule has 6 nitrogen and oxygen atoms in total. The molecule has 1 saturated heterocycles. The number of rotatable bonds is 5. The van der Waals surface area contributed by atoms with Crippen LogP contribution in [0.15, 0.2) is 36.8 Å². The van der Waals surface area contributed by atoms with Gasteiger partial charge in [-0.15, -0.1) is 0 Å². The summed E-state index contributed by atoms with van der Waals surface area (Å²) in [7, 11) is -2.84. The van der Waals surface area contributed by atoms with Crippen LogP contribution in [-0.4, -0.2) is 47.0 Å². The number of hydrogen-bond acceptors (Lipinski definition) is 4. The average Bonchev–Trinajstić information content (AvgIpc) is 3.26. The van der Waals surface area contributed by atoms with Crippen LogP contribution in [-0.2, 0) is 16.4 Å². The molecule has 0 bridgehead atoms. The highest BCUT2D eigenvalue weighted by atomic mass is 32.2. The molecule has 1 fully saturated rings. The van der Waals surface area contributed by atoms with Crippen LogP contribution in [0.2, 0.25) is 0 Å². The summed E-state index contributed by atoms with van der Waals surface area (Å²) in [6.45, 7) is 3.59. The Morgan fingerprint density at radius 1 is 1.36 bits per heavy atom. The van der Waals surface area contributed by atoms with Crippen molar-refractivity contribution in [1.29, 1.82) is 0 Å². The van der Waals surface area contributed by atoms with Gasteiger partial charge >= 0.3 is 0 Å². The molecule has 0 saturated carbocycles. The molecule has 0 unspecified atom stereocenters. The average molecular weight is 358 g/mol. The fraction of sp³-hybridized carbons (Fsp3) is 0.389. The highest BCUT2D eigenvalue weighted by Crippen LogP contribution is 2.29. The van der Waals surface area contributed by atoms with Crippen molar-refractivity contribution < 1.29 is 8.42 Å². The first-order valence-corrected chi connectivity index (χ1v) is 10.4. The number of nitrogens with one attached hydrogen (secondary N) is 2. The molecule has 7 heteroatoms. The van der Waals surface area contributed by atoms with Gasteiger partial charge in [-0.25, -0.2) is 13.4 Å². The van der Waals surface area contributed by atoms with Crippen molar-refractivity contribution in [2.24, 2.45) is 0 Å². The number of aromatic amines is 1. The number of benzene rings is 1. The molecule has 1 aromatic carbocycles. The van der Waals surface area contributed by atoms with Crippen LogP contribution >= 0.6 is 0 Å².